The first-order valence-electron chi connectivity index (χ1n) is 7.65. The Kier molecular flexibility index (Phi) is 4.69. The van der Waals surface area contributed by atoms with Gasteiger partial charge in [-0.2, -0.15) is 0 Å². The number of benzene rings is 1. The molecule has 0 radical (unpaired) electrons. The second-order valence-electron chi connectivity index (χ2n) is 6.34. The van der Waals surface area contributed by atoms with Gasteiger partial charge in [-0.1, -0.05) is 26.0 Å². The van der Waals surface area contributed by atoms with Crippen LogP contribution in [0.1, 0.15) is 50.9 Å². The summed E-state index contributed by atoms with van der Waals surface area (Å²) in [6.07, 6.45) is 2.30. The molecule has 3 nitrogen and oxygen atoms in total. The van der Waals surface area contributed by atoms with Crippen molar-refractivity contribution >= 4 is 11.6 Å². The van der Waals surface area contributed by atoms with Gasteiger partial charge in [0, 0.05) is 17.8 Å². The van der Waals surface area contributed by atoms with Gasteiger partial charge >= 0.3 is 0 Å². The van der Waals surface area contributed by atoms with Crippen molar-refractivity contribution in [2.24, 2.45) is 11.8 Å². The number of anilines is 1. The van der Waals surface area contributed by atoms with E-state index in [-0.39, 0.29) is 5.91 Å². The molecule has 1 aliphatic carbocycles. The summed E-state index contributed by atoms with van der Waals surface area (Å²) >= 11 is 0. The molecule has 2 rings (SSSR count). The maximum absolute atomic E-state index is 12.5. The standard InChI is InChI=1S/C17H26N2O/c1-11(2)18-16-8-6-5-7-14(16)17(20)19-15-10-9-12(3)13(15)4/h5-8,11-13,15,18H,9-10H2,1-4H3,(H,19,20). The molecular weight excluding hydrogens is 248 g/mol. The topological polar surface area (TPSA) is 41.1 Å². The second kappa shape index (κ2) is 6.29. The molecule has 0 heterocycles. The summed E-state index contributed by atoms with van der Waals surface area (Å²) in [5, 5.41) is 6.55. The first-order valence-corrected chi connectivity index (χ1v) is 7.65. The van der Waals surface area contributed by atoms with Crippen LogP contribution in [0.15, 0.2) is 24.3 Å². The Morgan fingerprint density at radius 3 is 2.50 bits per heavy atom. The third kappa shape index (κ3) is 3.33. The van der Waals surface area contributed by atoms with Crippen LogP contribution >= 0.6 is 0 Å². The van der Waals surface area contributed by atoms with Gasteiger partial charge in [-0.15, -0.1) is 0 Å². The van der Waals surface area contributed by atoms with E-state index >= 15 is 0 Å². The van der Waals surface area contributed by atoms with Gasteiger partial charge in [-0.05, 0) is 50.7 Å². The van der Waals surface area contributed by atoms with Gasteiger partial charge in [0.15, 0.2) is 0 Å². The van der Waals surface area contributed by atoms with E-state index in [9.17, 15) is 4.79 Å². The van der Waals surface area contributed by atoms with Crippen molar-refractivity contribution < 1.29 is 4.79 Å². The van der Waals surface area contributed by atoms with Gasteiger partial charge in [0.05, 0.1) is 5.56 Å². The zero-order chi connectivity index (χ0) is 14.7. The number of nitrogens with one attached hydrogen (secondary N) is 2. The lowest BCUT2D eigenvalue weighted by Gasteiger charge is -2.21. The summed E-state index contributed by atoms with van der Waals surface area (Å²) in [4.78, 5) is 12.5. The lowest BCUT2D eigenvalue weighted by Crippen LogP contribution is -2.37. The lowest BCUT2D eigenvalue weighted by molar-refractivity contribution is 0.0928. The lowest BCUT2D eigenvalue weighted by atomic mass is 9.97. The largest absolute Gasteiger partial charge is 0.382 e. The van der Waals surface area contributed by atoms with E-state index in [2.05, 4.69) is 38.3 Å². The van der Waals surface area contributed by atoms with E-state index in [1.54, 1.807) is 0 Å². The molecule has 3 unspecified atom stereocenters. The molecule has 1 aromatic carbocycles. The smallest absolute Gasteiger partial charge is 0.253 e. The van der Waals surface area contributed by atoms with Gasteiger partial charge in [0.2, 0.25) is 0 Å². The van der Waals surface area contributed by atoms with E-state index in [0.717, 1.165) is 17.7 Å². The minimum Gasteiger partial charge on any atom is -0.382 e. The number of hydrogen-bond donors (Lipinski definition) is 2. The highest BCUT2D eigenvalue weighted by atomic mass is 16.1. The molecule has 1 fully saturated rings. The number of rotatable bonds is 4. The van der Waals surface area contributed by atoms with Gasteiger partial charge in [0.25, 0.3) is 5.91 Å². The normalized spacial score (nSPS) is 25.8. The summed E-state index contributed by atoms with van der Waals surface area (Å²) in [5.74, 6) is 1.30. The Morgan fingerprint density at radius 2 is 1.90 bits per heavy atom. The van der Waals surface area contributed by atoms with Crippen LogP contribution in [-0.2, 0) is 0 Å². The number of carbonyl (C=O) groups is 1. The van der Waals surface area contributed by atoms with E-state index < -0.39 is 0 Å². The predicted molar refractivity (Wildman–Crippen MR) is 84.0 cm³/mol. The molecule has 1 aliphatic rings. The molecule has 110 valence electrons. The number of para-hydroxylation sites is 1. The Hall–Kier alpha value is -1.51. The Morgan fingerprint density at radius 1 is 1.20 bits per heavy atom. The molecule has 0 aromatic heterocycles. The molecule has 3 atom stereocenters. The molecule has 0 aliphatic heterocycles. The fraction of sp³-hybridized carbons (Fsp3) is 0.588. The van der Waals surface area contributed by atoms with Crippen LogP contribution in [0, 0.1) is 11.8 Å². The molecule has 2 N–H and O–H groups in total. The van der Waals surface area contributed by atoms with Crippen LogP contribution in [0.2, 0.25) is 0 Å². The number of amides is 1. The van der Waals surface area contributed by atoms with Crippen molar-refractivity contribution in [1.82, 2.24) is 5.32 Å². The summed E-state index contributed by atoms with van der Waals surface area (Å²) < 4.78 is 0. The van der Waals surface area contributed by atoms with Crippen LogP contribution in [0.25, 0.3) is 0 Å². The van der Waals surface area contributed by atoms with Crippen molar-refractivity contribution in [3.8, 4) is 0 Å². The first kappa shape index (κ1) is 14.9. The number of hydrogen-bond acceptors (Lipinski definition) is 2. The first-order chi connectivity index (χ1) is 9.49. The monoisotopic (exact) mass is 274 g/mol. The fourth-order valence-corrected chi connectivity index (χ4v) is 2.93. The molecule has 0 spiro atoms. The van der Waals surface area contributed by atoms with Crippen LogP contribution in [-0.4, -0.2) is 18.0 Å². The van der Waals surface area contributed by atoms with Crippen molar-refractivity contribution in [2.45, 2.75) is 52.6 Å². The molecule has 0 bridgehead atoms. The zero-order valence-electron chi connectivity index (χ0n) is 12.9. The molecule has 20 heavy (non-hydrogen) atoms. The predicted octanol–water partition coefficient (Wildman–Crippen LogP) is 3.67. The van der Waals surface area contributed by atoms with Crippen LogP contribution in [0.4, 0.5) is 5.69 Å². The van der Waals surface area contributed by atoms with Gasteiger partial charge in [0.1, 0.15) is 0 Å². The Labute approximate surface area is 122 Å². The summed E-state index contributed by atoms with van der Waals surface area (Å²) in [7, 11) is 0. The molecule has 1 saturated carbocycles. The van der Waals surface area contributed by atoms with Gasteiger partial charge in [-0.25, -0.2) is 0 Å². The fourth-order valence-electron chi connectivity index (χ4n) is 2.93. The Bertz CT molecular complexity index is 470. The molecular formula is C17H26N2O. The maximum Gasteiger partial charge on any atom is 0.253 e. The highest BCUT2D eigenvalue weighted by Crippen LogP contribution is 2.31. The van der Waals surface area contributed by atoms with Crippen molar-refractivity contribution in [3.63, 3.8) is 0 Å². The minimum absolute atomic E-state index is 0.0414. The van der Waals surface area contributed by atoms with Gasteiger partial charge < -0.3 is 10.6 Å². The highest BCUT2D eigenvalue weighted by Gasteiger charge is 2.31. The minimum atomic E-state index is 0.0414. The summed E-state index contributed by atoms with van der Waals surface area (Å²) in [6, 6.07) is 8.36. The molecule has 0 saturated heterocycles. The van der Waals surface area contributed by atoms with Gasteiger partial charge in [-0.3, -0.25) is 4.79 Å². The zero-order valence-corrected chi connectivity index (χ0v) is 12.9. The maximum atomic E-state index is 12.5. The van der Waals surface area contributed by atoms with E-state index in [1.165, 1.54) is 6.42 Å². The Balaban J connectivity index is 2.09. The van der Waals surface area contributed by atoms with Crippen molar-refractivity contribution in [2.75, 3.05) is 5.32 Å². The van der Waals surface area contributed by atoms with Crippen molar-refractivity contribution in [3.05, 3.63) is 29.8 Å². The van der Waals surface area contributed by atoms with Crippen LogP contribution in [0.3, 0.4) is 0 Å². The van der Waals surface area contributed by atoms with E-state index in [0.29, 0.717) is 23.9 Å². The molecule has 1 amide bonds. The summed E-state index contributed by atoms with van der Waals surface area (Å²) in [6.45, 7) is 8.66. The van der Waals surface area contributed by atoms with Crippen molar-refractivity contribution in [1.29, 1.82) is 0 Å². The van der Waals surface area contributed by atoms with E-state index in [4.69, 9.17) is 0 Å². The quantitative estimate of drug-likeness (QED) is 0.879. The SMILES string of the molecule is CC(C)Nc1ccccc1C(=O)NC1CCC(C)C1C. The van der Waals surface area contributed by atoms with Crippen LogP contribution < -0.4 is 10.6 Å². The average molecular weight is 274 g/mol. The molecule has 3 heteroatoms. The summed E-state index contributed by atoms with van der Waals surface area (Å²) in [5.41, 5.74) is 1.66. The molecule has 1 aromatic rings. The second-order valence-corrected chi connectivity index (χ2v) is 6.34. The number of carbonyl (C=O) groups excluding carboxylic acids is 1. The van der Waals surface area contributed by atoms with Crippen LogP contribution in [0.5, 0.6) is 0 Å². The average Bonchev–Trinajstić information content (AvgIpc) is 2.70. The highest BCUT2D eigenvalue weighted by molar-refractivity contribution is 5.99. The third-order valence-electron chi connectivity index (χ3n) is 4.40. The third-order valence-corrected chi connectivity index (χ3v) is 4.40. The van der Waals surface area contributed by atoms with E-state index in [1.807, 2.05) is 24.3 Å².